The van der Waals surface area contributed by atoms with E-state index in [2.05, 4.69) is 27.4 Å². The fourth-order valence-corrected chi connectivity index (χ4v) is 1.88. The predicted octanol–water partition coefficient (Wildman–Crippen LogP) is 2.57. The van der Waals surface area contributed by atoms with Crippen LogP contribution < -0.4 is 0 Å². The number of carbonyl (C=O) groups excluding carboxylic acids is 1. The van der Waals surface area contributed by atoms with Crippen molar-refractivity contribution in [1.82, 2.24) is 0 Å². The van der Waals surface area contributed by atoms with Crippen LogP contribution in [0.3, 0.4) is 0 Å². The van der Waals surface area contributed by atoms with E-state index in [4.69, 9.17) is 0 Å². The molecule has 1 rings (SSSR count). The molecule has 0 aromatic rings. The van der Waals surface area contributed by atoms with Crippen molar-refractivity contribution in [2.75, 3.05) is 0 Å². The van der Waals surface area contributed by atoms with Gasteiger partial charge in [-0.25, -0.2) is 0 Å². The molecular weight excluding hydrogens is 136 g/mol. The molecule has 1 unspecified atom stereocenters. The Morgan fingerprint density at radius 1 is 1.55 bits per heavy atom. The van der Waals surface area contributed by atoms with Crippen LogP contribution in [-0.4, -0.2) is 5.78 Å². The first-order valence-corrected chi connectivity index (χ1v) is 4.16. The van der Waals surface area contributed by atoms with Crippen molar-refractivity contribution >= 4 is 5.78 Å². The highest BCUT2D eigenvalue weighted by Gasteiger charge is 2.34. The first-order chi connectivity index (χ1) is 4.93. The number of carbonyl (C=O) groups is 1. The van der Waals surface area contributed by atoms with Crippen LogP contribution in [0.15, 0.2) is 12.2 Å². The van der Waals surface area contributed by atoms with Crippen LogP contribution in [0.25, 0.3) is 0 Å². The van der Waals surface area contributed by atoms with Crippen molar-refractivity contribution in [3.8, 4) is 0 Å². The fraction of sp³-hybridized carbons (Fsp3) is 0.700. The van der Waals surface area contributed by atoms with Gasteiger partial charge in [0.15, 0.2) is 5.78 Å². The van der Waals surface area contributed by atoms with Gasteiger partial charge in [0.05, 0.1) is 0 Å². The van der Waals surface area contributed by atoms with Crippen LogP contribution in [0.4, 0.5) is 0 Å². The number of ketones is 1. The minimum atomic E-state index is 0.0365. The van der Waals surface area contributed by atoms with Crippen LogP contribution in [0.1, 0.15) is 33.6 Å². The number of allylic oxidation sites excluding steroid dienone is 1. The molecule has 0 aliphatic heterocycles. The Labute approximate surface area is 68.5 Å². The lowest BCUT2D eigenvalue weighted by Gasteiger charge is -2.34. The summed E-state index contributed by atoms with van der Waals surface area (Å²) in [6.45, 7) is 10.2. The molecule has 0 spiro atoms. The largest absolute Gasteiger partial charge is 0.295 e. The highest BCUT2D eigenvalue weighted by molar-refractivity contribution is 5.96. The summed E-state index contributed by atoms with van der Waals surface area (Å²) >= 11 is 0. The van der Waals surface area contributed by atoms with Gasteiger partial charge in [0.25, 0.3) is 0 Å². The third kappa shape index (κ3) is 1.52. The van der Waals surface area contributed by atoms with Crippen LogP contribution in [0.2, 0.25) is 0 Å². The van der Waals surface area contributed by atoms with Gasteiger partial charge in [-0.3, -0.25) is 4.79 Å². The Morgan fingerprint density at radius 3 is 2.55 bits per heavy atom. The molecular formula is C10H16O. The van der Waals surface area contributed by atoms with Crippen LogP contribution >= 0.6 is 0 Å². The van der Waals surface area contributed by atoms with E-state index in [9.17, 15) is 4.79 Å². The number of rotatable bonds is 0. The molecule has 0 aromatic heterocycles. The second-order valence-corrected chi connectivity index (χ2v) is 4.30. The molecule has 11 heavy (non-hydrogen) atoms. The minimum absolute atomic E-state index is 0.0365. The van der Waals surface area contributed by atoms with E-state index in [0.29, 0.717) is 12.3 Å². The Bertz CT molecular complexity index is 201. The molecule has 1 aliphatic carbocycles. The third-order valence-electron chi connectivity index (χ3n) is 2.55. The van der Waals surface area contributed by atoms with Gasteiger partial charge in [0, 0.05) is 6.42 Å². The summed E-state index contributed by atoms with van der Waals surface area (Å²) in [7, 11) is 0. The van der Waals surface area contributed by atoms with Crippen molar-refractivity contribution < 1.29 is 4.79 Å². The molecule has 1 aliphatic rings. The maximum absolute atomic E-state index is 11.3. The number of Topliss-reactive ketones (excluding diaryl/α,β-unsaturated/α-hetero) is 1. The van der Waals surface area contributed by atoms with Crippen LogP contribution in [-0.2, 0) is 4.79 Å². The Kier molecular flexibility index (Phi) is 1.91. The molecule has 1 saturated carbocycles. The Hall–Kier alpha value is -0.590. The molecule has 1 nitrogen and oxygen atoms in total. The van der Waals surface area contributed by atoms with Gasteiger partial charge in [-0.05, 0) is 23.3 Å². The number of hydrogen-bond donors (Lipinski definition) is 0. The first-order valence-electron chi connectivity index (χ1n) is 4.16. The zero-order valence-electron chi connectivity index (χ0n) is 7.61. The van der Waals surface area contributed by atoms with E-state index in [1.54, 1.807) is 0 Å². The smallest absolute Gasteiger partial charge is 0.159 e. The van der Waals surface area contributed by atoms with E-state index >= 15 is 0 Å². The first kappa shape index (κ1) is 8.51. The molecule has 0 aromatic carbocycles. The van der Waals surface area contributed by atoms with Crippen LogP contribution in [0, 0.1) is 11.3 Å². The maximum Gasteiger partial charge on any atom is 0.159 e. The summed E-state index contributed by atoms with van der Waals surface area (Å²) in [4.78, 5) is 11.3. The molecule has 0 N–H and O–H groups in total. The molecule has 0 amide bonds. The summed E-state index contributed by atoms with van der Waals surface area (Å²) in [5, 5.41) is 0. The van der Waals surface area contributed by atoms with E-state index in [0.717, 1.165) is 12.0 Å². The molecule has 1 fully saturated rings. The fourth-order valence-electron chi connectivity index (χ4n) is 1.88. The quantitative estimate of drug-likeness (QED) is 0.487. The molecule has 0 radical (unpaired) electrons. The normalized spacial score (nSPS) is 30.6. The second kappa shape index (κ2) is 2.47. The van der Waals surface area contributed by atoms with Gasteiger partial charge in [0.1, 0.15) is 0 Å². The maximum atomic E-state index is 11.3. The summed E-state index contributed by atoms with van der Waals surface area (Å²) in [6, 6.07) is 0. The highest BCUT2D eigenvalue weighted by Crippen LogP contribution is 2.39. The van der Waals surface area contributed by atoms with E-state index in [-0.39, 0.29) is 11.2 Å². The molecule has 1 heteroatoms. The molecule has 0 bridgehead atoms. The van der Waals surface area contributed by atoms with E-state index < -0.39 is 0 Å². The molecule has 1 atom stereocenters. The number of hydrogen-bond acceptors (Lipinski definition) is 1. The third-order valence-corrected chi connectivity index (χ3v) is 2.55. The minimum Gasteiger partial charge on any atom is -0.295 e. The SMILES string of the molecule is C=C1C(=O)CC(C)CC1(C)C. The van der Waals surface area contributed by atoms with E-state index in [1.807, 2.05) is 0 Å². The predicted molar refractivity (Wildman–Crippen MR) is 46.3 cm³/mol. The van der Waals surface area contributed by atoms with Crippen molar-refractivity contribution in [1.29, 1.82) is 0 Å². The van der Waals surface area contributed by atoms with Gasteiger partial charge in [-0.2, -0.15) is 0 Å². The van der Waals surface area contributed by atoms with Gasteiger partial charge in [-0.1, -0.05) is 27.4 Å². The zero-order chi connectivity index (χ0) is 8.65. The van der Waals surface area contributed by atoms with Gasteiger partial charge >= 0.3 is 0 Å². The lowest BCUT2D eigenvalue weighted by Crippen LogP contribution is -2.30. The van der Waals surface area contributed by atoms with Crippen molar-refractivity contribution in [2.24, 2.45) is 11.3 Å². The molecule has 0 heterocycles. The van der Waals surface area contributed by atoms with E-state index in [1.165, 1.54) is 0 Å². The van der Waals surface area contributed by atoms with Crippen molar-refractivity contribution in [2.45, 2.75) is 33.6 Å². The summed E-state index contributed by atoms with van der Waals surface area (Å²) in [5.74, 6) is 0.789. The summed E-state index contributed by atoms with van der Waals surface area (Å²) < 4.78 is 0. The van der Waals surface area contributed by atoms with Crippen molar-refractivity contribution in [3.63, 3.8) is 0 Å². The average molecular weight is 152 g/mol. The van der Waals surface area contributed by atoms with Crippen LogP contribution in [0.5, 0.6) is 0 Å². The summed E-state index contributed by atoms with van der Waals surface area (Å²) in [6.07, 6.45) is 1.79. The molecule has 62 valence electrons. The molecule has 0 saturated heterocycles. The Morgan fingerprint density at radius 2 is 2.09 bits per heavy atom. The van der Waals surface area contributed by atoms with Crippen molar-refractivity contribution in [3.05, 3.63) is 12.2 Å². The Balaban J connectivity index is 2.84. The lowest BCUT2D eigenvalue weighted by atomic mass is 9.69. The van der Waals surface area contributed by atoms with Gasteiger partial charge in [-0.15, -0.1) is 0 Å². The lowest BCUT2D eigenvalue weighted by molar-refractivity contribution is -0.119. The standard InChI is InChI=1S/C10H16O/c1-7-5-9(11)8(2)10(3,4)6-7/h7H,2,5-6H2,1,3-4H3. The monoisotopic (exact) mass is 152 g/mol. The highest BCUT2D eigenvalue weighted by atomic mass is 16.1. The topological polar surface area (TPSA) is 17.1 Å². The van der Waals surface area contributed by atoms with Gasteiger partial charge in [0.2, 0.25) is 0 Å². The van der Waals surface area contributed by atoms with Gasteiger partial charge < -0.3 is 0 Å². The average Bonchev–Trinajstić information content (AvgIpc) is 1.81. The zero-order valence-corrected chi connectivity index (χ0v) is 7.61. The summed E-state index contributed by atoms with van der Waals surface area (Å²) in [5.41, 5.74) is 0.852. The second-order valence-electron chi connectivity index (χ2n) is 4.30.